The molecule has 3 rings (SSSR count). The Labute approximate surface area is 152 Å². The van der Waals surface area contributed by atoms with Gasteiger partial charge >= 0.3 is 0 Å². The van der Waals surface area contributed by atoms with Crippen LogP contribution in [0.1, 0.15) is 36.6 Å². The molecule has 0 spiro atoms. The first kappa shape index (κ1) is 17.9. The topological polar surface area (TPSA) is 66.5 Å². The van der Waals surface area contributed by atoms with Crippen molar-refractivity contribution in [3.63, 3.8) is 0 Å². The van der Waals surface area contributed by atoms with E-state index in [1.165, 1.54) is 11.3 Å². The fraction of sp³-hybridized carbons (Fsp3) is 0.389. The summed E-state index contributed by atoms with van der Waals surface area (Å²) in [5, 5.41) is 0. The van der Waals surface area contributed by atoms with Gasteiger partial charge in [0.15, 0.2) is 0 Å². The molecule has 0 saturated carbocycles. The van der Waals surface area contributed by atoms with E-state index < -0.39 is 10.0 Å². The van der Waals surface area contributed by atoms with E-state index in [-0.39, 0.29) is 5.91 Å². The number of sulfonamides is 1. The van der Waals surface area contributed by atoms with Gasteiger partial charge in [0.1, 0.15) is 4.21 Å². The number of piperidine rings is 1. The third-order valence-electron chi connectivity index (χ3n) is 4.31. The van der Waals surface area contributed by atoms with Crippen molar-refractivity contribution in [1.29, 1.82) is 0 Å². The predicted molar refractivity (Wildman–Crippen MR) is 102 cm³/mol. The van der Waals surface area contributed by atoms with Crippen LogP contribution < -0.4 is 9.62 Å². The first-order chi connectivity index (χ1) is 11.9. The lowest BCUT2D eigenvalue weighted by molar-refractivity contribution is -0.119. The van der Waals surface area contributed by atoms with Gasteiger partial charge in [0, 0.05) is 29.2 Å². The Balaban J connectivity index is 1.82. The second kappa shape index (κ2) is 7.17. The van der Waals surface area contributed by atoms with Crippen LogP contribution in [-0.2, 0) is 21.2 Å². The van der Waals surface area contributed by atoms with Crippen LogP contribution in [0.2, 0.25) is 0 Å². The van der Waals surface area contributed by atoms with Gasteiger partial charge in [0.05, 0.1) is 0 Å². The summed E-state index contributed by atoms with van der Waals surface area (Å²) in [5.41, 5.74) is 2.25. The summed E-state index contributed by atoms with van der Waals surface area (Å²) in [6, 6.07) is 8.80. The molecule has 25 heavy (non-hydrogen) atoms. The quantitative estimate of drug-likeness (QED) is 0.857. The van der Waals surface area contributed by atoms with E-state index in [2.05, 4.69) is 4.72 Å². The first-order valence-electron chi connectivity index (χ1n) is 8.43. The molecule has 1 amide bonds. The highest BCUT2D eigenvalue weighted by molar-refractivity contribution is 7.94. The van der Waals surface area contributed by atoms with Gasteiger partial charge in [0.25, 0.3) is 10.0 Å². The number of thiophene rings is 1. The maximum absolute atomic E-state index is 12.5. The van der Waals surface area contributed by atoms with Gasteiger partial charge in [-0.05, 0) is 62.1 Å². The average Bonchev–Trinajstić information content (AvgIpc) is 3.06. The summed E-state index contributed by atoms with van der Waals surface area (Å²) in [5.74, 6) is 0.133. The molecule has 1 fully saturated rings. The normalized spacial score (nSPS) is 15.4. The van der Waals surface area contributed by atoms with Crippen molar-refractivity contribution in [2.24, 2.45) is 0 Å². The third-order valence-corrected chi connectivity index (χ3v) is 7.42. The lowest BCUT2D eigenvalue weighted by atomic mass is 10.1. The van der Waals surface area contributed by atoms with Crippen molar-refractivity contribution in [3.05, 3.63) is 40.8 Å². The summed E-state index contributed by atoms with van der Waals surface area (Å²) in [7, 11) is -3.58. The van der Waals surface area contributed by atoms with Crippen LogP contribution in [0.25, 0.3) is 0 Å². The number of anilines is 2. The zero-order valence-electron chi connectivity index (χ0n) is 14.4. The van der Waals surface area contributed by atoms with Crippen molar-refractivity contribution >= 4 is 38.6 Å². The Morgan fingerprint density at radius 2 is 2.00 bits per heavy atom. The van der Waals surface area contributed by atoms with Crippen molar-refractivity contribution in [3.8, 4) is 0 Å². The zero-order valence-corrected chi connectivity index (χ0v) is 16.0. The number of aryl methyl sites for hydroxylation is 2. The van der Waals surface area contributed by atoms with E-state index in [1.807, 2.05) is 26.0 Å². The molecule has 1 saturated heterocycles. The molecule has 1 aromatic carbocycles. The van der Waals surface area contributed by atoms with Crippen LogP contribution in [0.4, 0.5) is 11.4 Å². The number of nitrogens with one attached hydrogen (secondary N) is 1. The smallest absolute Gasteiger partial charge is 0.271 e. The van der Waals surface area contributed by atoms with Crippen molar-refractivity contribution in [1.82, 2.24) is 0 Å². The number of amides is 1. The van der Waals surface area contributed by atoms with Gasteiger partial charge in [-0.1, -0.05) is 6.92 Å². The minimum atomic E-state index is -3.58. The molecule has 7 heteroatoms. The largest absolute Gasteiger partial charge is 0.312 e. The molecule has 1 N–H and O–H groups in total. The Morgan fingerprint density at radius 1 is 1.20 bits per heavy atom. The number of carbonyl (C=O) groups is 1. The van der Waals surface area contributed by atoms with Gasteiger partial charge in [-0.15, -0.1) is 11.3 Å². The number of nitrogens with zero attached hydrogens (tertiary/aromatic N) is 1. The molecular formula is C18H22N2O3S2. The molecule has 2 aromatic rings. The lowest BCUT2D eigenvalue weighted by Crippen LogP contribution is -2.35. The van der Waals surface area contributed by atoms with Crippen LogP contribution in [0.15, 0.2) is 34.5 Å². The summed E-state index contributed by atoms with van der Waals surface area (Å²) in [6.45, 7) is 4.62. The SMILES string of the molecule is CCc1ccc(S(=O)(=O)Nc2ccc(N3CCCCC3=O)c(C)c2)s1. The van der Waals surface area contributed by atoms with E-state index in [0.717, 1.165) is 41.9 Å². The highest BCUT2D eigenvalue weighted by atomic mass is 32.2. The highest BCUT2D eigenvalue weighted by Gasteiger charge is 2.22. The first-order valence-corrected chi connectivity index (χ1v) is 10.7. The second-order valence-corrected chi connectivity index (χ2v) is 9.26. The van der Waals surface area contributed by atoms with E-state index in [0.29, 0.717) is 16.3 Å². The number of benzene rings is 1. The molecule has 0 bridgehead atoms. The second-order valence-electron chi connectivity index (χ2n) is 6.18. The van der Waals surface area contributed by atoms with Gasteiger partial charge in [-0.2, -0.15) is 0 Å². The Kier molecular flexibility index (Phi) is 5.15. The van der Waals surface area contributed by atoms with E-state index in [4.69, 9.17) is 0 Å². The molecule has 0 atom stereocenters. The molecule has 5 nitrogen and oxygen atoms in total. The number of rotatable bonds is 5. The predicted octanol–water partition coefficient (Wildman–Crippen LogP) is 3.94. The summed E-state index contributed by atoms with van der Waals surface area (Å²) < 4.78 is 28.0. The molecule has 0 aliphatic carbocycles. The molecular weight excluding hydrogens is 356 g/mol. The summed E-state index contributed by atoms with van der Waals surface area (Å²) in [6.07, 6.45) is 3.33. The fourth-order valence-corrected chi connectivity index (χ4v) is 5.33. The Hall–Kier alpha value is -1.86. The minimum Gasteiger partial charge on any atom is -0.312 e. The van der Waals surface area contributed by atoms with Crippen molar-refractivity contribution in [2.45, 2.75) is 43.7 Å². The maximum atomic E-state index is 12.5. The van der Waals surface area contributed by atoms with E-state index in [1.54, 1.807) is 23.1 Å². The van der Waals surface area contributed by atoms with Crippen molar-refractivity contribution < 1.29 is 13.2 Å². The van der Waals surface area contributed by atoms with Crippen LogP contribution in [0.3, 0.4) is 0 Å². The van der Waals surface area contributed by atoms with Gasteiger partial charge in [-0.25, -0.2) is 8.42 Å². The molecule has 1 aliphatic heterocycles. The zero-order chi connectivity index (χ0) is 18.0. The lowest BCUT2D eigenvalue weighted by Gasteiger charge is -2.28. The van der Waals surface area contributed by atoms with Crippen LogP contribution in [-0.4, -0.2) is 20.9 Å². The van der Waals surface area contributed by atoms with E-state index >= 15 is 0 Å². The molecule has 1 aliphatic rings. The molecule has 1 aromatic heterocycles. The number of hydrogen-bond acceptors (Lipinski definition) is 4. The van der Waals surface area contributed by atoms with E-state index in [9.17, 15) is 13.2 Å². The Bertz CT molecular complexity index is 887. The van der Waals surface area contributed by atoms with Crippen LogP contribution in [0, 0.1) is 6.92 Å². The van der Waals surface area contributed by atoms with Crippen LogP contribution >= 0.6 is 11.3 Å². The maximum Gasteiger partial charge on any atom is 0.271 e. The molecule has 2 heterocycles. The highest BCUT2D eigenvalue weighted by Crippen LogP contribution is 2.29. The number of carbonyl (C=O) groups excluding carboxylic acids is 1. The van der Waals surface area contributed by atoms with Crippen molar-refractivity contribution in [2.75, 3.05) is 16.2 Å². The van der Waals surface area contributed by atoms with Crippen LogP contribution in [0.5, 0.6) is 0 Å². The fourth-order valence-electron chi connectivity index (χ4n) is 2.98. The summed E-state index contributed by atoms with van der Waals surface area (Å²) >= 11 is 1.29. The standard InChI is InChI=1S/C18H22N2O3S2/c1-3-15-8-10-18(24-15)25(22,23)19-14-7-9-16(13(2)12-14)20-11-5-4-6-17(20)21/h7-10,12,19H,3-6,11H2,1-2H3. The Morgan fingerprint density at radius 3 is 2.64 bits per heavy atom. The molecule has 0 unspecified atom stereocenters. The van der Waals surface area contributed by atoms with Gasteiger partial charge in [0.2, 0.25) is 5.91 Å². The monoisotopic (exact) mass is 378 g/mol. The van der Waals surface area contributed by atoms with Gasteiger partial charge in [-0.3, -0.25) is 9.52 Å². The summed E-state index contributed by atoms with van der Waals surface area (Å²) in [4.78, 5) is 14.9. The molecule has 134 valence electrons. The molecule has 0 radical (unpaired) electrons. The third kappa shape index (κ3) is 3.88. The minimum absolute atomic E-state index is 0.133. The average molecular weight is 379 g/mol. The number of hydrogen-bond donors (Lipinski definition) is 1. The van der Waals surface area contributed by atoms with Gasteiger partial charge < -0.3 is 4.90 Å².